The lowest BCUT2D eigenvalue weighted by atomic mass is 10.0. The first-order valence-electron chi connectivity index (χ1n) is 4.36. The van der Waals surface area contributed by atoms with Gasteiger partial charge in [0.15, 0.2) is 0 Å². The van der Waals surface area contributed by atoms with E-state index >= 15 is 0 Å². The molecule has 0 spiro atoms. The molecule has 2 atom stereocenters. The molecular weight excluding hydrogens is 186 g/mol. The van der Waals surface area contributed by atoms with E-state index in [2.05, 4.69) is 11.9 Å². The van der Waals surface area contributed by atoms with Crippen molar-refractivity contribution in [2.45, 2.75) is 12.5 Å². The number of carboxylic acid groups (broad SMARTS) is 1. The van der Waals surface area contributed by atoms with Gasteiger partial charge in [0, 0.05) is 6.42 Å². The second kappa shape index (κ2) is 4.76. The molecule has 78 valence electrons. The van der Waals surface area contributed by atoms with Crippen molar-refractivity contribution in [2.75, 3.05) is 13.2 Å². The minimum atomic E-state index is -0.939. The predicted molar refractivity (Wildman–Crippen MR) is 48.7 cm³/mol. The fourth-order valence-electron chi connectivity index (χ4n) is 1.34. The Balaban J connectivity index is 2.47. The number of rotatable bonds is 4. The summed E-state index contributed by atoms with van der Waals surface area (Å²) in [5.41, 5.74) is 0. The van der Waals surface area contributed by atoms with Gasteiger partial charge in [-0.05, 0) is 0 Å². The van der Waals surface area contributed by atoms with Gasteiger partial charge in [0.25, 0.3) is 0 Å². The van der Waals surface area contributed by atoms with Crippen molar-refractivity contribution in [2.24, 2.45) is 5.92 Å². The lowest BCUT2D eigenvalue weighted by Gasteiger charge is -2.14. The van der Waals surface area contributed by atoms with Crippen LogP contribution in [0.3, 0.4) is 0 Å². The number of carbonyl (C=O) groups excluding carboxylic acids is 1. The van der Waals surface area contributed by atoms with Gasteiger partial charge in [-0.15, -0.1) is 6.58 Å². The molecule has 2 N–H and O–H groups in total. The number of hydrogen-bond donors (Lipinski definition) is 2. The number of nitrogens with one attached hydrogen (secondary N) is 1. The zero-order valence-corrected chi connectivity index (χ0v) is 7.73. The smallest absolute Gasteiger partial charge is 0.311 e. The molecule has 0 radical (unpaired) electrons. The summed E-state index contributed by atoms with van der Waals surface area (Å²) in [5, 5.41) is 11.4. The highest BCUT2D eigenvalue weighted by Crippen LogP contribution is 2.13. The van der Waals surface area contributed by atoms with Crippen molar-refractivity contribution >= 4 is 11.9 Å². The standard InChI is InChI=1S/C9H13NO4/c1-2-3-8(11)10-7-5-14-4-6(7)9(12)13/h2,6-7H,1,3-5H2,(H,10,11)(H,12,13). The van der Waals surface area contributed by atoms with Gasteiger partial charge >= 0.3 is 5.97 Å². The third-order valence-electron chi connectivity index (χ3n) is 2.07. The molecule has 1 rings (SSSR count). The van der Waals surface area contributed by atoms with Crippen LogP contribution in [0.4, 0.5) is 0 Å². The van der Waals surface area contributed by atoms with Crippen LogP contribution in [-0.2, 0) is 14.3 Å². The number of aliphatic carboxylic acids is 1. The van der Waals surface area contributed by atoms with Gasteiger partial charge in [-0.2, -0.15) is 0 Å². The molecule has 1 heterocycles. The Hall–Kier alpha value is -1.36. The van der Waals surface area contributed by atoms with Gasteiger partial charge in [-0.25, -0.2) is 0 Å². The van der Waals surface area contributed by atoms with Crippen LogP contribution in [-0.4, -0.2) is 36.2 Å². The fraction of sp³-hybridized carbons (Fsp3) is 0.556. The van der Waals surface area contributed by atoms with Crippen molar-refractivity contribution in [3.63, 3.8) is 0 Å². The average Bonchev–Trinajstić information content (AvgIpc) is 2.52. The summed E-state index contributed by atoms with van der Waals surface area (Å²) in [5.74, 6) is -1.79. The zero-order chi connectivity index (χ0) is 10.6. The van der Waals surface area contributed by atoms with Crippen LogP contribution in [0.2, 0.25) is 0 Å². The van der Waals surface area contributed by atoms with E-state index < -0.39 is 17.9 Å². The summed E-state index contributed by atoms with van der Waals surface area (Å²) < 4.78 is 4.99. The highest BCUT2D eigenvalue weighted by molar-refractivity contribution is 5.79. The first-order chi connectivity index (χ1) is 6.65. The lowest BCUT2D eigenvalue weighted by molar-refractivity contribution is -0.142. The second-order valence-corrected chi connectivity index (χ2v) is 3.15. The van der Waals surface area contributed by atoms with Gasteiger partial charge in [-0.3, -0.25) is 9.59 Å². The molecule has 2 unspecified atom stereocenters. The molecule has 0 aliphatic carbocycles. The van der Waals surface area contributed by atoms with Gasteiger partial charge in [0.2, 0.25) is 5.91 Å². The van der Waals surface area contributed by atoms with Crippen LogP contribution in [0.15, 0.2) is 12.7 Å². The number of ether oxygens (including phenoxy) is 1. The molecule has 0 aromatic rings. The Morgan fingerprint density at radius 1 is 1.57 bits per heavy atom. The quantitative estimate of drug-likeness (QED) is 0.614. The summed E-state index contributed by atoms with van der Waals surface area (Å²) in [7, 11) is 0. The van der Waals surface area contributed by atoms with Crippen molar-refractivity contribution in [1.82, 2.24) is 5.32 Å². The van der Waals surface area contributed by atoms with Gasteiger partial charge < -0.3 is 15.2 Å². The molecular formula is C9H13NO4. The summed E-state index contributed by atoms with van der Waals surface area (Å²) in [6.45, 7) is 3.85. The summed E-state index contributed by atoms with van der Waals surface area (Å²) in [6.07, 6.45) is 1.67. The van der Waals surface area contributed by atoms with E-state index in [4.69, 9.17) is 9.84 Å². The Labute approximate surface area is 81.7 Å². The Bertz CT molecular complexity index is 251. The molecule has 1 amide bonds. The van der Waals surface area contributed by atoms with Gasteiger partial charge in [-0.1, -0.05) is 6.08 Å². The van der Waals surface area contributed by atoms with Crippen LogP contribution < -0.4 is 5.32 Å². The minimum Gasteiger partial charge on any atom is -0.481 e. The van der Waals surface area contributed by atoms with Crippen molar-refractivity contribution < 1.29 is 19.4 Å². The summed E-state index contributed by atoms with van der Waals surface area (Å²) in [6, 6.07) is -0.417. The highest BCUT2D eigenvalue weighted by atomic mass is 16.5. The van der Waals surface area contributed by atoms with E-state index in [0.717, 1.165) is 0 Å². The van der Waals surface area contributed by atoms with E-state index in [9.17, 15) is 9.59 Å². The van der Waals surface area contributed by atoms with Crippen molar-refractivity contribution in [3.05, 3.63) is 12.7 Å². The van der Waals surface area contributed by atoms with E-state index in [1.165, 1.54) is 6.08 Å². The van der Waals surface area contributed by atoms with Crippen LogP contribution in [0.25, 0.3) is 0 Å². The van der Waals surface area contributed by atoms with E-state index in [1.54, 1.807) is 0 Å². The number of carbonyl (C=O) groups is 2. The number of amides is 1. The maximum absolute atomic E-state index is 11.1. The Morgan fingerprint density at radius 3 is 2.86 bits per heavy atom. The van der Waals surface area contributed by atoms with Gasteiger partial charge in [0.1, 0.15) is 5.92 Å². The predicted octanol–water partition coefficient (Wildman–Crippen LogP) is -0.222. The number of carboxylic acids is 1. The average molecular weight is 199 g/mol. The molecule has 1 saturated heterocycles. The number of hydrogen-bond acceptors (Lipinski definition) is 3. The maximum Gasteiger partial charge on any atom is 0.311 e. The highest BCUT2D eigenvalue weighted by Gasteiger charge is 2.34. The Morgan fingerprint density at radius 2 is 2.29 bits per heavy atom. The SMILES string of the molecule is C=CCC(=O)NC1COCC1C(=O)O. The molecule has 0 bridgehead atoms. The molecule has 5 nitrogen and oxygen atoms in total. The maximum atomic E-state index is 11.1. The lowest BCUT2D eigenvalue weighted by Crippen LogP contribution is -2.42. The molecule has 0 aromatic carbocycles. The Kier molecular flexibility index (Phi) is 3.64. The van der Waals surface area contributed by atoms with Gasteiger partial charge in [0.05, 0.1) is 19.3 Å². The normalized spacial score (nSPS) is 25.7. The summed E-state index contributed by atoms with van der Waals surface area (Å²) in [4.78, 5) is 21.8. The monoisotopic (exact) mass is 199 g/mol. The molecule has 0 aromatic heterocycles. The molecule has 5 heteroatoms. The molecule has 1 aliphatic rings. The van der Waals surface area contributed by atoms with E-state index in [-0.39, 0.29) is 25.5 Å². The minimum absolute atomic E-state index is 0.161. The van der Waals surface area contributed by atoms with Crippen LogP contribution in [0, 0.1) is 5.92 Å². The van der Waals surface area contributed by atoms with Crippen LogP contribution in [0.1, 0.15) is 6.42 Å². The fourth-order valence-corrected chi connectivity index (χ4v) is 1.34. The first-order valence-corrected chi connectivity index (χ1v) is 4.36. The van der Waals surface area contributed by atoms with E-state index in [1.807, 2.05) is 0 Å². The van der Waals surface area contributed by atoms with Crippen molar-refractivity contribution in [3.8, 4) is 0 Å². The second-order valence-electron chi connectivity index (χ2n) is 3.15. The van der Waals surface area contributed by atoms with Crippen molar-refractivity contribution in [1.29, 1.82) is 0 Å². The largest absolute Gasteiger partial charge is 0.481 e. The first kappa shape index (κ1) is 10.7. The van der Waals surface area contributed by atoms with Crippen LogP contribution >= 0.6 is 0 Å². The van der Waals surface area contributed by atoms with E-state index in [0.29, 0.717) is 0 Å². The third kappa shape index (κ3) is 2.56. The molecule has 14 heavy (non-hydrogen) atoms. The molecule has 1 aliphatic heterocycles. The molecule has 0 saturated carbocycles. The van der Waals surface area contributed by atoms with Crippen LogP contribution in [0.5, 0.6) is 0 Å². The third-order valence-corrected chi connectivity index (χ3v) is 2.07. The summed E-state index contributed by atoms with van der Waals surface area (Å²) >= 11 is 0. The zero-order valence-electron chi connectivity index (χ0n) is 7.73. The topological polar surface area (TPSA) is 75.6 Å². The molecule has 1 fully saturated rings.